The summed E-state index contributed by atoms with van der Waals surface area (Å²) in [4.78, 5) is 36.7. The van der Waals surface area contributed by atoms with Gasteiger partial charge in [0, 0.05) is 30.9 Å². The maximum Gasteiger partial charge on any atom is 0.340 e. The van der Waals surface area contributed by atoms with Crippen molar-refractivity contribution in [1.82, 2.24) is 30.1 Å². The van der Waals surface area contributed by atoms with Crippen LogP contribution in [0, 0.1) is 0 Å². The third-order valence-electron chi connectivity index (χ3n) is 3.98. The molecule has 0 saturated carbocycles. The zero-order chi connectivity index (χ0) is 19.3. The molecule has 10 heteroatoms. The molecule has 0 bridgehead atoms. The van der Waals surface area contributed by atoms with Crippen LogP contribution in [0.2, 0.25) is 0 Å². The van der Waals surface area contributed by atoms with Gasteiger partial charge in [-0.3, -0.25) is 24.6 Å². The summed E-state index contributed by atoms with van der Waals surface area (Å²) in [5.74, 6) is 0.0247. The maximum atomic E-state index is 12.4. The van der Waals surface area contributed by atoms with E-state index < -0.39 is 0 Å². The first-order valence-corrected chi connectivity index (χ1v) is 8.44. The first-order chi connectivity index (χ1) is 13.7. The van der Waals surface area contributed by atoms with Gasteiger partial charge in [-0.05, 0) is 24.3 Å². The predicted octanol–water partition coefficient (Wildman–Crippen LogP) is 1.37. The molecule has 10 nitrogen and oxygen atoms in total. The highest BCUT2D eigenvalue weighted by atomic mass is 16.5. The van der Waals surface area contributed by atoms with Gasteiger partial charge in [0.05, 0.1) is 17.2 Å². The Balaban J connectivity index is 1.34. The molecule has 0 unspecified atom stereocenters. The number of pyridine rings is 1. The zero-order valence-corrected chi connectivity index (χ0v) is 14.6. The normalized spacial score (nSPS) is 10.7. The van der Waals surface area contributed by atoms with Crippen LogP contribution < -0.4 is 16.4 Å². The molecule has 0 fully saturated rings. The van der Waals surface area contributed by atoms with Crippen molar-refractivity contribution >= 4 is 22.8 Å². The average Bonchev–Trinajstić information content (AvgIpc) is 3.22. The van der Waals surface area contributed by atoms with Crippen molar-refractivity contribution in [2.45, 2.75) is 13.0 Å². The van der Waals surface area contributed by atoms with E-state index in [-0.39, 0.29) is 30.4 Å². The summed E-state index contributed by atoms with van der Waals surface area (Å²) in [7, 11) is 0. The SMILES string of the molecule is O=C(CCn1cnc2ccccc2c1=O)NNc1nc(-c2ccncc2)no1. The third kappa shape index (κ3) is 3.70. The topological polar surface area (TPSA) is 128 Å². The molecule has 1 amide bonds. The summed E-state index contributed by atoms with van der Waals surface area (Å²) in [6, 6.07) is 10.6. The van der Waals surface area contributed by atoms with Gasteiger partial charge >= 0.3 is 6.01 Å². The number of nitrogens with one attached hydrogen (secondary N) is 2. The van der Waals surface area contributed by atoms with Crippen LogP contribution in [-0.2, 0) is 11.3 Å². The van der Waals surface area contributed by atoms with E-state index in [9.17, 15) is 9.59 Å². The zero-order valence-electron chi connectivity index (χ0n) is 14.6. The molecule has 28 heavy (non-hydrogen) atoms. The highest BCUT2D eigenvalue weighted by Gasteiger charge is 2.10. The van der Waals surface area contributed by atoms with Gasteiger partial charge in [-0.25, -0.2) is 10.4 Å². The van der Waals surface area contributed by atoms with Crippen LogP contribution in [-0.4, -0.2) is 30.6 Å². The second kappa shape index (κ2) is 7.66. The molecule has 3 heterocycles. The number of para-hydroxylation sites is 1. The van der Waals surface area contributed by atoms with Gasteiger partial charge in [0.25, 0.3) is 5.56 Å². The fourth-order valence-corrected chi connectivity index (χ4v) is 2.57. The Labute approximate surface area is 158 Å². The van der Waals surface area contributed by atoms with Crippen LogP contribution in [0.5, 0.6) is 0 Å². The molecule has 3 aromatic heterocycles. The summed E-state index contributed by atoms with van der Waals surface area (Å²) >= 11 is 0. The van der Waals surface area contributed by atoms with Crippen molar-refractivity contribution in [3.8, 4) is 11.4 Å². The molecule has 0 radical (unpaired) electrons. The molecular weight excluding hydrogens is 362 g/mol. The molecule has 140 valence electrons. The number of hydrogen-bond acceptors (Lipinski definition) is 8. The molecule has 2 N–H and O–H groups in total. The lowest BCUT2D eigenvalue weighted by atomic mass is 10.2. The first kappa shape index (κ1) is 17.3. The van der Waals surface area contributed by atoms with E-state index in [1.165, 1.54) is 10.9 Å². The van der Waals surface area contributed by atoms with Crippen molar-refractivity contribution < 1.29 is 9.32 Å². The second-order valence-corrected chi connectivity index (χ2v) is 5.84. The van der Waals surface area contributed by atoms with Gasteiger partial charge in [0.2, 0.25) is 11.7 Å². The van der Waals surface area contributed by atoms with Crippen LogP contribution in [0.1, 0.15) is 6.42 Å². The minimum atomic E-state index is -0.344. The molecule has 0 aliphatic carbocycles. The van der Waals surface area contributed by atoms with E-state index in [1.807, 2.05) is 6.07 Å². The largest absolute Gasteiger partial charge is 0.340 e. The minimum Gasteiger partial charge on any atom is -0.313 e. The van der Waals surface area contributed by atoms with Crippen LogP contribution in [0.25, 0.3) is 22.3 Å². The maximum absolute atomic E-state index is 12.4. The highest BCUT2D eigenvalue weighted by Crippen LogP contribution is 2.15. The van der Waals surface area contributed by atoms with Gasteiger partial charge in [0.15, 0.2) is 0 Å². The lowest BCUT2D eigenvalue weighted by molar-refractivity contribution is -0.120. The molecule has 0 atom stereocenters. The predicted molar refractivity (Wildman–Crippen MR) is 99.9 cm³/mol. The smallest absolute Gasteiger partial charge is 0.313 e. The second-order valence-electron chi connectivity index (χ2n) is 5.84. The lowest BCUT2D eigenvalue weighted by Gasteiger charge is -2.07. The molecule has 0 saturated heterocycles. The van der Waals surface area contributed by atoms with Gasteiger partial charge in [-0.15, -0.1) is 0 Å². The number of hydrazine groups is 1. The van der Waals surface area contributed by atoms with E-state index >= 15 is 0 Å². The minimum absolute atomic E-state index is 0.0460. The average molecular weight is 377 g/mol. The summed E-state index contributed by atoms with van der Waals surface area (Å²) < 4.78 is 6.43. The van der Waals surface area contributed by atoms with Crippen LogP contribution in [0.15, 0.2) is 64.4 Å². The molecule has 0 aliphatic rings. The molecule has 4 aromatic rings. The summed E-state index contributed by atoms with van der Waals surface area (Å²) in [5.41, 5.74) is 6.18. The van der Waals surface area contributed by atoms with Gasteiger partial charge in [-0.2, -0.15) is 4.98 Å². The van der Waals surface area contributed by atoms with E-state index in [0.29, 0.717) is 16.7 Å². The van der Waals surface area contributed by atoms with Crippen molar-refractivity contribution in [3.63, 3.8) is 0 Å². The van der Waals surface area contributed by atoms with Crippen molar-refractivity contribution in [2.24, 2.45) is 0 Å². The van der Waals surface area contributed by atoms with Gasteiger partial charge in [0.1, 0.15) is 0 Å². The van der Waals surface area contributed by atoms with Crippen molar-refractivity contribution in [2.75, 3.05) is 5.43 Å². The number of carbonyl (C=O) groups is 1. The Hall–Kier alpha value is -4.08. The summed E-state index contributed by atoms with van der Waals surface area (Å²) in [6.07, 6.45) is 4.73. The van der Waals surface area contributed by atoms with Crippen LogP contribution in [0.4, 0.5) is 6.01 Å². The number of anilines is 1. The summed E-state index contributed by atoms with van der Waals surface area (Å²) in [5, 5.41) is 4.33. The van der Waals surface area contributed by atoms with Crippen LogP contribution in [0.3, 0.4) is 0 Å². The number of benzene rings is 1. The third-order valence-corrected chi connectivity index (χ3v) is 3.98. The van der Waals surface area contributed by atoms with E-state index in [2.05, 4.69) is 31.0 Å². The summed E-state index contributed by atoms with van der Waals surface area (Å²) in [6.45, 7) is 0.191. The van der Waals surface area contributed by atoms with E-state index in [0.717, 1.165) is 5.56 Å². The fraction of sp³-hybridized carbons (Fsp3) is 0.111. The molecule has 4 rings (SSSR count). The van der Waals surface area contributed by atoms with Crippen molar-refractivity contribution in [1.29, 1.82) is 0 Å². The number of nitrogens with zero attached hydrogens (tertiary/aromatic N) is 5. The fourth-order valence-electron chi connectivity index (χ4n) is 2.57. The Morgan fingerprint density at radius 3 is 2.82 bits per heavy atom. The number of carbonyl (C=O) groups excluding carboxylic acids is 1. The molecule has 0 aliphatic heterocycles. The standard InChI is InChI=1S/C18H15N7O3/c26-15(7-10-25-11-20-14-4-2-1-3-13(14)17(25)27)22-23-18-21-16(24-28-18)12-5-8-19-9-6-12/h1-6,8-9,11H,7,10H2,(H,22,26)(H,21,23,24). The molecule has 0 spiro atoms. The number of fused-ring (bicyclic) bond motifs is 1. The number of hydrogen-bond donors (Lipinski definition) is 2. The van der Waals surface area contributed by atoms with E-state index in [1.54, 1.807) is 42.7 Å². The van der Waals surface area contributed by atoms with Crippen LogP contribution >= 0.6 is 0 Å². The Morgan fingerprint density at radius 1 is 1.14 bits per heavy atom. The Morgan fingerprint density at radius 2 is 1.96 bits per heavy atom. The van der Waals surface area contributed by atoms with Gasteiger partial charge in [-0.1, -0.05) is 17.3 Å². The molecular formula is C18H15N7O3. The van der Waals surface area contributed by atoms with Gasteiger partial charge < -0.3 is 4.52 Å². The molecule has 1 aromatic carbocycles. The number of aromatic nitrogens is 5. The number of aryl methyl sites for hydroxylation is 1. The Kier molecular flexibility index (Phi) is 4.74. The quantitative estimate of drug-likeness (QED) is 0.482. The highest BCUT2D eigenvalue weighted by molar-refractivity contribution is 5.78. The van der Waals surface area contributed by atoms with Crippen molar-refractivity contribution in [3.05, 3.63) is 65.5 Å². The number of amides is 1. The Bertz CT molecular complexity index is 1170. The number of rotatable bonds is 6. The lowest BCUT2D eigenvalue weighted by Crippen LogP contribution is -2.31. The van der Waals surface area contributed by atoms with E-state index in [4.69, 9.17) is 4.52 Å². The first-order valence-electron chi connectivity index (χ1n) is 8.44. The monoisotopic (exact) mass is 377 g/mol.